The van der Waals surface area contributed by atoms with Crippen molar-refractivity contribution in [3.05, 3.63) is 70.1 Å². The van der Waals surface area contributed by atoms with Crippen molar-refractivity contribution in [2.24, 2.45) is 5.73 Å². The SMILES string of the molecule is Cc1ccc(CN)c(-c2ccc(Cl)cc2Cl)c1Nc1ccncn1. The van der Waals surface area contributed by atoms with E-state index in [9.17, 15) is 0 Å². The maximum atomic E-state index is 6.44. The second-order valence-corrected chi connectivity index (χ2v) is 6.18. The van der Waals surface area contributed by atoms with Crippen molar-refractivity contribution < 1.29 is 0 Å². The van der Waals surface area contributed by atoms with Gasteiger partial charge in [-0.1, -0.05) is 41.4 Å². The molecule has 1 aromatic heterocycles. The van der Waals surface area contributed by atoms with Gasteiger partial charge >= 0.3 is 0 Å². The molecule has 0 unspecified atom stereocenters. The third-order valence-electron chi connectivity index (χ3n) is 3.76. The highest BCUT2D eigenvalue weighted by Crippen LogP contribution is 2.40. The minimum atomic E-state index is 0.396. The number of hydrogen-bond donors (Lipinski definition) is 2. The van der Waals surface area contributed by atoms with Crippen LogP contribution in [0.25, 0.3) is 11.1 Å². The lowest BCUT2D eigenvalue weighted by atomic mass is 9.94. The third kappa shape index (κ3) is 3.36. The average molecular weight is 359 g/mol. The quantitative estimate of drug-likeness (QED) is 0.691. The van der Waals surface area contributed by atoms with Crippen LogP contribution >= 0.6 is 23.2 Å². The van der Waals surface area contributed by atoms with Gasteiger partial charge in [-0.3, -0.25) is 0 Å². The van der Waals surface area contributed by atoms with Gasteiger partial charge in [0, 0.05) is 33.9 Å². The smallest absolute Gasteiger partial charge is 0.133 e. The second kappa shape index (κ2) is 7.18. The summed E-state index contributed by atoms with van der Waals surface area (Å²) in [7, 11) is 0. The summed E-state index contributed by atoms with van der Waals surface area (Å²) in [6, 6.07) is 11.3. The van der Waals surface area contributed by atoms with Gasteiger partial charge in [-0.05, 0) is 36.2 Å². The van der Waals surface area contributed by atoms with Crippen molar-refractivity contribution >= 4 is 34.7 Å². The lowest BCUT2D eigenvalue weighted by Crippen LogP contribution is -2.05. The molecule has 122 valence electrons. The van der Waals surface area contributed by atoms with Crippen LogP contribution < -0.4 is 11.1 Å². The monoisotopic (exact) mass is 358 g/mol. The molecule has 3 rings (SSSR count). The van der Waals surface area contributed by atoms with Crippen LogP contribution in [-0.4, -0.2) is 9.97 Å². The molecule has 0 aliphatic heterocycles. The van der Waals surface area contributed by atoms with Crippen LogP contribution in [0, 0.1) is 6.92 Å². The molecule has 1 heterocycles. The number of aromatic nitrogens is 2. The van der Waals surface area contributed by atoms with E-state index < -0.39 is 0 Å². The van der Waals surface area contributed by atoms with Gasteiger partial charge in [0.05, 0.1) is 5.69 Å². The lowest BCUT2D eigenvalue weighted by Gasteiger charge is -2.19. The molecule has 0 atom stereocenters. The van der Waals surface area contributed by atoms with Crippen LogP contribution in [0.4, 0.5) is 11.5 Å². The first-order valence-electron chi connectivity index (χ1n) is 7.41. The van der Waals surface area contributed by atoms with Gasteiger partial charge in [-0.25, -0.2) is 9.97 Å². The summed E-state index contributed by atoms with van der Waals surface area (Å²) < 4.78 is 0. The van der Waals surface area contributed by atoms with Gasteiger partial charge in [0.2, 0.25) is 0 Å². The number of benzene rings is 2. The first kappa shape index (κ1) is 16.7. The maximum Gasteiger partial charge on any atom is 0.133 e. The fourth-order valence-electron chi connectivity index (χ4n) is 2.57. The van der Waals surface area contributed by atoms with Gasteiger partial charge in [0.25, 0.3) is 0 Å². The van der Waals surface area contributed by atoms with Crippen molar-refractivity contribution in [2.75, 3.05) is 5.32 Å². The summed E-state index contributed by atoms with van der Waals surface area (Å²) >= 11 is 12.5. The van der Waals surface area contributed by atoms with Crippen molar-refractivity contribution in [1.82, 2.24) is 9.97 Å². The minimum absolute atomic E-state index is 0.396. The van der Waals surface area contributed by atoms with Gasteiger partial charge in [0.1, 0.15) is 12.1 Å². The third-order valence-corrected chi connectivity index (χ3v) is 4.30. The number of anilines is 2. The number of nitrogens with two attached hydrogens (primary N) is 1. The molecule has 0 radical (unpaired) electrons. The Hall–Kier alpha value is -2.14. The van der Waals surface area contributed by atoms with Gasteiger partial charge < -0.3 is 11.1 Å². The molecule has 0 fully saturated rings. The van der Waals surface area contributed by atoms with E-state index >= 15 is 0 Å². The Bertz CT molecular complexity index is 866. The first-order chi connectivity index (χ1) is 11.6. The zero-order valence-corrected chi connectivity index (χ0v) is 14.6. The Morgan fingerprint density at radius 2 is 1.96 bits per heavy atom. The number of nitrogens with one attached hydrogen (secondary N) is 1. The highest BCUT2D eigenvalue weighted by molar-refractivity contribution is 6.36. The van der Waals surface area contributed by atoms with Crippen LogP contribution in [0.2, 0.25) is 10.0 Å². The van der Waals surface area contributed by atoms with E-state index in [2.05, 4.69) is 15.3 Å². The lowest BCUT2D eigenvalue weighted by molar-refractivity contribution is 1.07. The fourth-order valence-corrected chi connectivity index (χ4v) is 3.08. The predicted octanol–water partition coefficient (Wildman–Crippen LogP) is 4.96. The van der Waals surface area contributed by atoms with E-state index in [0.29, 0.717) is 22.4 Å². The second-order valence-electron chi connectivity index (χ2n) is 5.34. The summed E-state index contributed by atoms with van der Waals surface area (Å²) in [5.41, 5.74) is 10.8. The van der Waals surface area contributed by atoms with Gasteiger partial charge in [-0.15, -0.1) is 0 Å². The summed E-state index contributed by atoms with van der Waals surface area (Å²) in [5.74, 6) is 0.702. The molecular weight excluding hydrogens is 343 g/mol. The fraction of sp³-hybridized carbons (Fsp3) is 0.111. The van der Waals surface area contributed by atoms with E-state index in [0.717, 1.165) is 27.9 Å². The van der Waals surface area contributed by atoms with Crippen molar-refractivity contribution in [2.45, 2.75) is 13.5 Å². The van der Waals surface area contributed by atoms with E-state index in [1.807, 2.05) is 37.3 Å². The highest BCUT2D eigenvalue weighted by Gasteiger charge is 2.16. The largest absolute Gasteiger partial charge is 0.339 e. The molecule has 2 aromatic carbocycles. The molecule has 0 bridgehead atoms. The number of aryl methyl sites for hydroxylation is 1. The molecule has 0 aliphatic rings. The highest BCUT2D eigenvalue weighted by atomic mass is 35.5. The van der Waals surface area contributed by atoms with E-state index in [-0.39, 0.29) is 0 Å². The van der Waals surface area contributed by atoms with Crippen molar-refractivity contribution in [3.8, 4) is 11.1 Å². The summed E-state index contributed by atoms with van der Waals surface area (Å²) in [5, 5.41) is 4.53. The molecule has 0 amide bonds. The normalized spacial score (nSPS) is 10.7. The average Bonchev–Trinajstić information content (AvgIpc) is 2.58. The number of hydrogen-bond acceptors (Lipinski definition) is 4. The standard InChI is InChI=1S/C18H16Cl2N4/c1-11-2-3-12(9-21)17(14-5-4-13(19)8-15(14)20)18(11)24-16-6-7-22-10-23-16/h2-8,10H,9,21H2,1H3,(H,22,23,24). The number of nitrogens with zero attached hydrogens (tertiary/aromatic N) is 2. The molecule has 6 heteroatoms. The number of rotatable bonds is 4. The molecule has 4 nitrogen and oxygen atoms in total. The van der Waals surface area contributed by atoms with E-state index in [1.54, 1.807) is 12.3 Å². The molecule has 3 aromatic rings. The number of halogens is 2. The van der Waals surface area contributed by atoms with E-state index in [1.165, 1.54) is 6.33 Å². The zero-order chi connectivity index (χ0) is 17.1. The summed E-state index contributed by atoms with van der Waals surface area (Å²) in [6.45, 7) is 2.42. The van der Waals surface area contributed by atoms with Crippen LogP contribution in [0.15, 0.2) is 48.9 Å². The minimum Gasteiger partial charge on any atom is -0.339 e. The Balaban J connectivity index is 2.21. The summed E-state index contributed by atoms with van der Waals surface area (Å²) in [6.07, 6.45) is 3.19. The Labute approximate surface area is 150 Å². The molecule has 0 saturated carbocycles. The molecule has 0 saturated heterocycles. The zero-order valence-electron chi connectivity index (χ0n) is 13.1. The Morgan fingerprint density at radius 1 is 1.12 bits per heavy atom. The van der Waals surface area contributed by atoms with Crippen molar-refractivity contribution in [1.29, 1.82) is 0 Å². The van der Waals surface area contributed by atoms with Crippen LogP contribution in [-0.2, 0) is 6.54 Å². The molecule has 3 N–H and O–H groups in total. The first-order valence-corrected chi connectivity index (χ1v) is 8.16. The van der Waals surface area contributed by atoms with Crippen LogP contribution in [0.3, 0.4) is 0 Å². The molecule has 0 spiro atoms. The predicted molar refractivity (Wildman–Crippen MR) is 99.8 cm³/mol. The van der Waals surface area contributed by atoms with Crippen LogP contribution in [0.5, 0.6) is 0 Å². The molecule has 24 heavy (non-hydrogen) atoms. The van der Waals surface area contributed by atoms with Crippen molar-refractivity contribution in [3.63, 3.8) is 0 Å². The van der Waals surface area contributed by atoms with E-state index in [4.69, 9.17) is 28.9 Å². The Kier molecular flexibility index (Phi) is 5.00. The van der Waals surface area contributed by atoms with Crippen LogP contribution in [0.1, 0.15) is 11.1 Å². The molecule has 0 aliphatic carbocycles. The van der Waals surface area contributed by atoms with Gasteiger partial charge in [0.15, 0.2) is 0 Å². The molecular formula is C18H16Cl2N4. The summed E-state index contributed by atoms with van der Waals surface area (Å²) in [4.78, 5) is 8.18. The Morgan fingerprint density at radius 3 is 2.62 bits per heavy atom. The maximum absolute atomic E-state index is 6.44. The topological polar surface area (TPSA) is 63.8 Å². The van der Waals surface area contributed by atoms with Gasteiger partial charge in [-0.2, -0.15) is 0 Å².